The molecule has 0 aliphatic heterocycles. The smallest absolute Gasteiger partial charge is 0.294 e. The number of nitrogens with one attached hydrogen (secondary N) is 1. The van der Waals surface area contributed by atoms with Crippen LogP contribution in [0.2, 0.25) is 5.02 Å². The van der Waals surface area contributed by atoms with Gasteiger partial charge < -0.3 is 0 Å². The Morgan fingerprint density at radius 2 is 1.71 bits per heavy atom. The first kappa shape index (κ1) is 24.3. The third kappa shape index (κ3) is 5.12. The van der Waals surface area contributed by atoms with Crippen molar-refractivity contribution >= 4 is 64.6 Å². The summed E-state index contributed by atoms with van der Waals surface area (Å²) in [6.45, 7) is 0.334. The molecule has 0 amide bonds. The number of hydrogen-bond donors (Lipinski definition) is 1. The summed E-state index contributed by atoms with van der Waals surface area (Å²) >= 11 is 6.89. The minimum absolute atomic E-state index is 0.0123. The summed E-state index contributed by atoms with van der Waals surface area (Å²) in [4.78, 5) is 12.4. The molecule has 34 heavy (non-hydrogen) atoms. The van der Waals surface area contributed by atoms with Gasteiger partial charge in [-0.05, 0) is 54.1 Å². The lowest BCUT2D eigenvalue weighted by molar-refractivity contribution is 0.599. The van der Waals surface area contributed by atoms with Crippen LogP contribution in [0.1, 0.15) is 5.56 Å². The Morgan fingerprint density at radius 3 is 2.38 bits per heavy atom. The quantitative estimate of drug-likeness (QED) is 0.384. The van der Waals surface area contributed by atoms with Crippen molar-refractivity contribution in [2.75, 3.05) is 22.3 Å². The number of aromatic nitrogens is 1. The number of thiazole rings is 1. The number of benzene rings is 3. The first-order valence-electron chi connectivity index (χ1n) is 9.89. The molecule has 0 aliphatic carbocycles. The van der Waals surface area contributed by atoms with Gasteiger partial charge in [-0.25, -0.2) is 16.8 Å². The highest BCUT2D eigenvalue weighted by Crippen LogP contribution is 2.26. The van der Waals surface area contributed by atoms with Gasteiger partial charge in [0.25, 0.3) is 10.0 Å². The van der Waals surface area contributed by atoms with Gasteiger partial charge in [-0.15, -0.1) is 0 Å². The van der Waals surface area contributed by atoms with Crippen LogP contribution in [0.5, 0.6) is 0 Å². The average molecular weight is 538 g/mol. The van der Waals surface area contributed by atoms with E-state index in [1.54, 1.807) is 34.9 Å². The van der Waals surface area contributed by atoms with E-state index in [1.807, 2.05) is 12.1 Å². The van der Waals surface area contributed by atoms with Gasteiger partial charge in [-0.1, -0.05) is 41.1 Å². The van der Waals surface area contributed by atoms with E-state index in [2.05, 4.69) is 4.72 Å². The normalized spacial score (nSPS) is 12.1. The van der Waals surface area contributed by atoms with Crippen LogP contribution < -0.4 is 13.9 Å². The average Bonchev–Trinajstić information content (AvgIpc) is 3.08. The van der Waals surface area contributed by atoms with Crippen molar-refractivity contribution in [2.24, 2.45) is 0 Å². The van der Waals surface area contributed by atoms with Crippen molar-refractivity contribution in [2.45, 2.75) is 11.4 Å². The van der Waals surface area contributed by atoms with Crippen molar-refractivity contribution in [1.82, 2.24) is 4.57 Å². The summed E-state index contributed by atoms with van der Waals surface area (Å²) in [6, 6.07) is 17.7. The molecule has 0 aliphatic rings. The molecule has 8 nitrogen and oxygen atoms in total. The van der Waals surface area contributed by atoms with Crippen molar-refractivity contribution in [3.63, 3.8) is 0 Å². The van der Waals surface area contributed by atoms with Crippen molar-refractivity contribution < 1.29 is 16.8 Å². The van der Waals surface area contributed by atoms with Crippen LogP contribution in [0.25, 0.3) is 10.2 Å². The molecule has 1 aromatic heterocycles. The van der Waals surface area contributed by atoms with E-state index in [9.17, 15) is 21.6 Å². The fourth-order valence-electron chi connectivity index (χ4n) is 3.31. The SMILES string of the molecule is CN(c1cccc(NS(=O)(=O)c2ccc3c(c2)sc(=O)n3Cc2ccc(Cl)cc2)c1)S(C)(=O)=O. The fourth-order valence-corrected chi connectivity index (χ4v) is 6.01. The molecule has 12 heteroatoms. The fraction of sp³-hybridized carbons (Fsp3) is 0.136. The van der Waals surface area contributed by atoms with E-state index < -0.39 is 20.0 Å². The summed E-state index contributed by atoms with van der Waals surface area (Å²) < 4.78 is 55.2. The van der Waals surface area contributed by atoms with Crippen molar-refractivity contribution in [1.29, 1.82) is 0 Å². The first-order chi connectivity index (χ1) is 15.9. The molecule has 0 spiro atoms. The first-order valence-corrected chi connectivity index (χ1v) is 14.4. The largest absolute Gasteiger partial charge is 0.308 e. The van der Waals surface area contributed by atoms with E-state index in [0.717, 1.165) is 27.5 Å². The molecule has 0 saturated carbocycles. The molecule has 0 fully saturated rings. The molecule has 4 rings (SSSR count). The van der Waals surface area contributed by atoms with Gasteiger partial charge in [0.05, 0.1) is 39.3 Å². The number of hydrogen-bond acceptors (Lipinski definition) is 6. The molecule has 3 aromatic carbocycles. The summed E-state index contributed by atoms with van der Waals surface area (Å²) in [5.74, 6) is 0. The Hall–Kier alpha value is -2.86. The Morgan fingerprint density at radius 1 is 1.00 bits per heavy atom. The highest BCUT2D eigenvalue weighted by Gasteiger charge is 2.19. The second-order valence-electron chi connectivity index (χ2n) is 7.60. The Kier molecular flexibility index (Phi) is 6.47. The van der Waals surface area contributed by atoms with Crippen LogP contribution in [-0.4, -0.2) is 34.7 Å². The number of anilines is 2. The van der Waals surface area contributed by atoms with Crippen LogP contribution in [0.3, 0.4) is 0 Å². The van der Waals surface area contributed by atoms with E-state index in [-0.39, 0.29) is 15.5 Å². The van der Waals surface area contributed by atoms with Crippen LogP contribution in [0.4, 0.5) is 11.4 Å². The maximum Gasteiger partial charge on any atom is 0.308 e. The van der Waals surface area contributed by atoms with Crippen LogP contribution in [0.15, 0.2) is 76.4 Å². The molecular weight excluding hydrogens is 518 g/mol. The number of halogens is 1. The van der Waals surface area contributed by atoms with Crippen LogP contribution in [-0.2, 0) is 26.6 Å². The Labute approximate surface area is 206 Å². The molecule has 0 radical (unpaired) electrons. The summed E-state index contributed by atoms with van der Waals surface area (Å²) in [7, 11) is -6.11. The second kappa shape index (κ2) is 9.06. The lowest BCUT2D eigenvalue weighted by atomic mass is 10.2. The van der Waals surface area contributed by atoms with Crippen LogP contribution in [0, 0.1) is 0 Å². The molecule has 0 saturated heterocycles. The van der Waals surface area contributed by atoms with E-state index >= 15 is 0 Å². The topological polar surface area (TPSA) is 106 Å². The standard InChI is InChI=1S/C22H20ClN3O5S3/c1-25(33(2,28)29)18-5-3-4-17(12-18)24-34(30,31)19-10-11-20-21(13-19)32-22(27)26(20)14-15-6-8-16(23)9-7-15/h3-13,24H,14H2,1-2H3. The minimum Gasteiger partial charge on any atom is -0.294 e. The monoisotopic (exact) mass is 537 g/mol. The van der Waals surface area contributed by atoms with Crippen molar-refractivity contribution in [3.8, 4) is 0 Å². The lowest BCUT2D eigenvalue weighted by Crippen LogP contribution is -2.24. The van der Waals surface area contributed by atoms with Gasteiger partial charge in [0.15, 0.2) is 0 Å². The van der Waals surface area contributed by atoms with Gasteiger partial charge >= 0.3 is 4.87 Å². The number of nitrogens with zero attached hydrogens (tertiary/aromatic N) is 2. The molecule has 0 atom stereocenters. The van der Waals surface area contributed by atoms with Crippen molar-refractivity contribution in [3.05, 3.63) is 87.0 Å². The Balaban J connectivity index is 1.64. The van der Waals surface area contributed by atoms with E-state index in [1.165, 1.54) is 31.3 Å². The number of rotatable bonds is 7. The maximum atomic E-state index is 13.0. The minimum atomic E-state index is -3.99. The van der Waals surface area contributed by atoms with Crippen LogP contribution >= 0.6 is 22.9 Å². The van der Waals surface area contributed by atoms with Gasteiger partial charge in [-0.2, -0.15) is 0 Å². The summed E-state index contributed by atoms with van der Waals surface area (Å²) in [5.41, 5.74) is 2.04. The predicted octanol–water partition coefficient (Wildman–Crippen LogP) is 3.96. The van der Waals surface area contributed by atoms with Gasteiger partial charge in [0.1, 0.15) is 0 Å². The maximum absolute atomic E-state index is 13.0. The molecular formula is C22H20ClN3O5S3. The molecule has 1 heterocycles. The molecule has 4 aromatic rings. The third-order valence-corrected chi connectivity index (χ3v) is 8.94. The van der Waals surface area contributed by atoms with E-state index in [4.69, 9.17) is 11.6 Å². The highest BCUT2D eigenvalue weighted by molar-refractivity contribution is 7.92. The summed E-state index contributed by atoms with van der Waals surface area (Å²) in [5, 5.41) is 0.599. The molecule has 0 unspecified atom stereocenters. The van der Waals surface area contributed by atoms with E-state index in [0.29, 0.717) is 27.5 Å². The predicted molar refractivity (Wildman–Crippen MR) is 137 cm³/mol. The molecule has 178 valence electrons. The number of fused-ring (bicyclic) bond motifs is 1. The molecule has 0 bridgehead atoms. The number of sulfonamides is 2. The Bertz CT molecular complexity index is 1640. The summed E-state index contributed by atoms with van der Waals surface area (Å²) in [6.07, 6.45) is 1.06. The zero-order valence-electron chi connectivity index (χ0n) is 18.1. The van der Waals surface area contributed by atoms with Gasteiger partial charge in [0, 0.05) is 12.1 Å². The highest BCUT2D eigenvalue weighted by atomic mass is 35.5. The van der Waals surface area contributed by atoms with Gasteiger partial charge in [0.2, 0.25) is 10.0 Å². The third-order valence-electron chi connectivity index (χ3n) is 5.16. The second-order valence-corrected chi connectivity index (χ2v) is 12.7. The van der Waals surface area contributed by atoms with Gasteiger partial charge in [-0.3, -0.25) is 18.4 Å². The zero-order chi connectivity index (χ0) is 24.7. The zero-order valence-corrected chi connectivity index (χ0v) is 21.3. The lowest BCUT2D eigenvalue weighted by Gasteiger charge is -2.17. The molecule has 1 N–H and O–H groups in total.